The van der Waals surface area contributed by atoms with Crippen LogP contribution in [0.4, 0.5) is 17.1 Å². The van der Waals surface area contributed by atoms with Gasteiger partial charge >= 0.3 is 0 Å². The standard InChI is InChI=1S/C24H28N3O2P/c1-14-10-20-24(25-14)21(12-18(26-20)13-22(28)16-6-7-16)27-19-9-8-17(15-4-5-15)11-23(19)30(2,3)29/h8-9,11-12,15-16H,4-7,10,13H2,1-3H3,(H,26,27). The van der Waals surface area contributed by atoms with Gasteiger partial charge in [0.15, 0.2) is 0 Å². The van der Waals surface area contributed by atoms with Crippen LogP contribution in [0.15, 0.2) is 29.3 Å². The fourth-order valence-electron chi connectivity index (χ4n) is 4.20. The molecule has 0 saturated heterocycles. The van der Waals surface area contributed by atoms with E-state index in [-0.39, 0.29) is 11.7 Å². The molecule has 1 aromatic heterocycles. The molecule has 5 nitrogen and oxygen atoms in total. The van der Waals surface area contributed by atoms with Crippen LogP contribution in [0.3, 0.4) is 0 Å². The van der Waals surface area contributed by atoms with Crippen molar-refractivity contribution >= 4 is 41.0 Å². The van der Waals surface area contributed by atoms with Crippen LogP contribution in [-0.4, -0.2) is 29.8 Å². The number of nitrogens with zero attached hydrogens (tertiary/aromatic N) is 2. The first-order valence-corrected chi connectivity index (χ1v) is 13.4. The highest BCUT2D eigenvalue weighted by Gasteiger charge is 2.30. The summed E-state index contributed by atoms with van der Waals surface area (Å²) in [6, 6.07) is 8.27. The first kappa shape index (κ1) is 19.7. The third kappa shape index (κ3) is 4.00. The molecule has 2 fully saturated rings. The molecule has 156 valence electrons. The predicted octanol–water partition coefficient (Wildman–Crippen LogP) is 5.12. The zero-order valence-electron chi connectivity index (χ0n) is 17.9. The van der Waals surface area contributed by atoms with Gasteiger partial charge in [-0.15, -0.1) is 0 Å². The number of hydrogen-bond acceptors (Lipinski definition) is 5. The Balaban J connectivity index is 1.53. The highest BCUT2D eigenvalue weighted by Crippen LogP contribution is 2.45. The number of anilines is 2. The third-order valence-corrected chi connectivity index (χ3v) is 7.68. The van der Waals surface area contributed by atoms with E-state index >= 15 is 0 Å². The van der Waals surface area contributed by atoms with E-state index in [1.165, 1.54) is 18.4 Å². The Morgan fingerprint density at radius 3 is 2.57 bits per heavy atom. The van der Waals surface area contributed by atoms with Gasteiger partial charge in [-0.25, -0.2) is 0 Å². The lowest BCUT2D eigenvalue weighted by Gasteiger charge is -2.18. The molecule has 6 heteroatoms. The summed E-state index contributed by atoms with van der Waals surface area (Å²) in [4.78, 5) is 21.8. The van der Waals surface area contributed by atoms with E-state index in [2.05, 4.69) is 23.5 Å². The monoisotopic (exact) mass is 421 g/mol. The molecule has 0 unspecified atom stereocenters. The molecule has 5 rings (SSSR count). The molecule has 3 aliphatic rings. The molecule has 1 aliphatic heterocycles. The maximum atomic E-state index is 13.1. The molecular weight excluding hydrogens is 393 g/mol. The SMILES string of the molecule is CC1=Nc2c(Nc3ccc(C4CC4)cc3P(C)(C)=O)cc(CC(=O)C3CC3)nc2C1. The zero-order valence-corrected chi connectivity index (χ0v) is 18.8. The number of carbonyl (C=O) groups excluding carboxylic acids is 1. The summed E-state index contributed by atoms with van der Waals surface area (Å²) in [5.41, 5.74) is 6.57. The van der Waals surface area contributed by atoms with E-state index < -0.39 is 7.14 Å². The highest BCUT2D eigenvalue weighted by molar-refractivity contribution is 7.70. The first-order chi connectivity index (χ1) is 14.3. The number of aliphatic imine (C=N–C) groups is 1. The minimum atomic E-state index is -2.47. The number of carbonyl (C=O) groups is 1. The Morgan fingerprint density at radius 1 is 1.13 bits per heavy atom. The number of aromatic nitrogens is 1. The summed E-state index contributed by atoms with van der Waals surface area (Å²) >= 11 is 0. The Hall–Kier alpha value is -2.26. The summed E-state index contributed by atoms with van der Waals surface area (Å²) in [7, 11) is -2.47. The van der Waals surface area contributed by atoms with Crippen molar-refractivity contribution in [2.24, 2.45) is 10.9 Å². The largest absolute Gasteiger partial charge is 0.353 e. The van der Waals surface area contributed by atoms with Gasteiger partial charge in [-0.1, -0.05) is 6.07 Å². The molecule has 2 aromatic rings. The van der Waals surface area contributed by atoms with Crippen molar-refractivity contribution < 1.29 is 9.36 Å². The fraction of sp³-hybridized carbons (Fsp3) is 0.458. The van der Waals surface area contributed by atoms with Crippen LogP contribution < -0.4 is 10.6 Å². The van der Waals surface area contributed by atoms with E-state index in [0.717, 1.165) is 52.3 Å². The molecule has 30 heavy (non-hydrogen) atoms. The van der Waals surface area contributed by atoms with Gasteiger partial charge < -0.3 is 9.88 Å². The molecule has 2 heterocycles. The van der Waals surface area contributed by atoms with Crippen molar-refractivity contribution in [1.29, 1.82) is 0 Å². The quantitative estimate of drug-likeness (QED) is 0.630. The van der Waals surface area contributed by atoms with Crippen LogP contribution in [0.1, 0.15) is 55.5 Å². The number of pyridine rings is 1. The van der Waals surface area contributed by atoms with E-state index in [1.54, 1.807) is 0 Å². The molecular formula is C24H28N3O2P. The van der Waals surface area contributed by atoms with Crippen LogP contribution in [0.25, 0.3) is 0 Å². The molecule has 0 atom stereocenters. The summed E-state index contributed by atoms with van der Waals surface area (Å²) in [6.45, 7) is 5.65. The molecule has 1 N–H and O–H groups in total. The lowest BCUT2D eigenvalue weighted by Crippen LogP contribution is -2.12. The zero-order chi connectivity index (χ0) is 21.0. The van der Waals surface area contributed by atoms with Gasteiger partial charge in [0.1, 0.15) is 18.6 Å². The van der Waals surface area contributed by atoms with Gasteiger partial charge in [0.25, 0.3) is 0 Å². The molecule has 2 saturated carbocycles. The highest BCUT2D eigenvalue weighted by atomic mass is 31.2. The minimum Gasteiger partial charge on any atom is -0.353 e. The van der Waals surface area contributed by atoms with E-state index in [1.807, 2.05) is 26.3 Å². The maximum Gasteiger partial charge on any atom is 0.141 e. The van der Waals surface area contributed by atoms with Gasteiger partial charge in [-0.3, -0.25) is 14.8 Å². The molecule has 0 radical (unpaired) electrons. The second kappa shape index (κ2) is 7.16. The minimum absolute atomic E-state index is 0.224. The van der Waals surface area contributed by atoms with Crippen molar-refractivity contribution in [3.8, 4) is 0 Å². The summed E-state index contributed by atoms with van der Waals surface area (Å²) < 4.78 is 13.1. The second-order valence-electron chi connectivity index (χ2n) is 9.42. The average Bonchev–Trinajstić information content (AvgIpc) is 3.58. The second-order valence-corrected chi connectivity index (χ2v) is 12.6. The molecule has 2 aliphatic carbocycles. The third-order valence-electron chi connectivity index (χ3n) is 6.15. The number of ketones is 1. The Morgan fingerprint density at radius 2 is 1.90 bits per heavy atom. The van der Waals surface area contributed by atoms with E-state index in [0.29, 0.717) is 18.8 Å². The normalized spacial score (nSPS) is 18.2. The Bertz CT molecular complexity index is 1120. The molecule has 0 spiro atoms. The number of benzene rings is 1. The summed E-state index contributed by atoms with van der Waals surface area (Å²) in [5.74, 6) is 1.12. The van der Waals surface area contributed by atoms with Crippen molar-refractivity contribution in [3.05, 3.63) is 41.2 Å². The Kier molecular flexibility index (Phi) is 4.70. The van der Waals surface area contributed by atoms with Crippen molar-refractivity contribution in [2.75, 3.05) is 18.6 Å². The van der Waals surface area contributed by atoms with Crippen LogP contribution in [0, 0.1) is 5.92 Å². The van der Waals surface area contributed by atoms with Crippen molar-refractivity contribution in [2.45, 2.75) is 51.4 Å². The average molecular weight is 421 g/mol. The van der Waals surface area contributed by atoms with Gasteiger partial charge in [0.05, 0.1) is 17.1 Å². The number of hydrogen-bond donors (Lipinski definition) is 1. The molecule has 1 aromatic carbocycles. The van der Waals surface area contributed by atoms with Gasteiger partial charge in [-0.2, -0.15) is 0 Å². The topological polar surface area (TPSA) is 71.4 Å². The van der Waals surface area contributed by atoms with Crippen LogP contribution in [0.5, 0.6) is 0 Å². The van der Waals surface area contributed by atoms with E-state index in [9.17, 15) is 9.36 Å². The van der Waals surface area contributed by atoms with Gasteiger partial charge in [0, 0.05) is 35.5 Å². The lowest BCUT2D eigenvalue weighted by atomic mass is 10.1. The maximum absolute atomic E-state index is 13.1. The van der Waals surface area contributed by atoms with Crippen LogP contribution in [-0.2, 0) is 22.2 Å². The summed E-state index contributed by atoms with van der Waals surface area (Å²) in [6.07, 6.45) is 5.54. The van der Waals surface area contributed by atoms with Crippen LogP contribution in [0.2, 0.25) is 0 Å². The number of fused-ring (bicyclic) bond motifs is 1. The van der Waals surface area contributed by atoms with Gasteiger partial charge in [-0.05, 0) is 75.6 Å². The van der Waals surface area contributed by atoms with Gasteiger partial charge in [0.2, 0.25) is 0 Å². The van der Waals surface area contributed by atoms with E-state index in [4.69, 9.17) is 9.98 Å². The Labute approximate surface area is 177 Å². The fourth-order valence-corrected chi connectivity index (χ4v) is 5.37. The van der Waals surface area contributed by atoms with Crippen LogP contribution >= 0.6 is 7.14 Å². The molecule has 0 bridgehead atoms. The number of rotatable bonds is 7. The number of nitrogens with one attached hydrogen (secondary N) is 1. The van der Waals surface area contributed by atoms with Crippen molar-refractivity contribution in [1.82, 2.24) is 4.98 Å². The lowest BCUT2D eigenvalue weighted by molar-refractivity contribution is -0.119. The predicted molar refractivity (Wildman–Crippen MR) is 123 cm³/mol. The molecule has 0 amide bonds. The summed E-state index contributed by atoms with van der Waals surface area (Å²) in [5, 5.41) is 4.40. The number of Topliss-reactive ketones (excluding diaryl/α,β-unsaturated/α-hetero) is 1. The smallest absolute Gasteiger partial charge is 0.141 e. The van der Waals surface area contributed by atoms with Crippen molar-refractivity contribution in [3.63, 3.8) is 0 Å². The first-order valence-electron chi connectivity index (χ1n) is 10.8.